The van der Waals surface area contributed by atoms with Crippen molar-refractivity contribution in [3.8, 4) is 22.3 Å². The highest BCUT2D eigenvalue weighted by Crippen LogP contribution is 2.49. The molecular formula is C40H18F6O12S2. The van der Waals surface area contributed by atoms with Gasteiger partial charge in [0.15, 0.2) is 20.2 Å². The van der Waals surface area contributed by atoms with Crippen LogP contribution < -0.4 is 0 Å². The Kier molecular flexibility index (Phi) is 8.65. The van der Waals surface area contributed by atoms with Crippen LogP contribution in [0.2, 0.25) is 0 Å². The molecule has 4 aliphatic heterocycles. The zero-order valence-corrected chi connectivity index (χ0v) is 31.0. The van der Waals surface area contributed by atoms with Crippen LogP contribution in [0.15, 0.2) is 136 Å². The molecule has 0 amide bonds. The van der Waals surface area contributed by atoms with Gasteiger partial charge in [-0.05, 0) is 72.8 Å². The molecule has 4 aliphatic rings. The molecule has 0 saturated carbocycles. The fourth-order valence-corrected chi connectivity index (χ4v) is 7.03. The zero-order valence-electron chi connectivity index (χ0n) is 29.4. The predicted octanol–water partition coefficient (Wildman–Crippen LogP) is 11.9. The van der Waals surface area contributed by atoms with Gasteiger partial charge in [-0.2, -0.15) is 26.3 Å². The zero-order chi connectivity index (χ0) is 42.5. The summed E-state index contributed by atoms with van der Waals surface area (Å²) in [6, 6.07) is 35.5. The molecule has 0 radical (unpaired) electrons. The molecule has 60 heavy (non-hydrogen) atoms. The maximum atomic E-state index is 10.7. The van der Waals surface area contributed by atoms with Crippen LogP contribution in [0.1, 0.15) is 0 Å². The van der Waals surface area contributed by atoms with Crippen molar-refractivity contribution in [1.29, 1.82) is 0 Å². The standard InChI is InChI=1S/2C19H9O3.2CHF3O3S/c2*1-4-10-16-11(5-1)21-13-7-3-9-15-18(13)19(16)17-12(20-10)6-2-8-14(17)22-15;2*2-1(3,4)8(5,6)7/h2*1-9H;2*(H,5,6,7)/q2*+1;;/p-2. The second kappa shape index (κ2) is 13.4. The largest absolute Gasteiger partial charge is 0.741 e. The molecule has 0 saturated heterocycles. The van der Waals surface area contributed by atoms with E-state index < -0.39 is 31.3 Å². The topological polar surface area (TPSA) is 190 Å². The number of benzene rings is 6. The van der Waals surface area contributed by atoms with Crippen molar-refractivity contribution in [1.82, 2.24) is 0 Å². The minimum atomic E-state index is -6.09. The highest BCUT2D eigenvalue weighted by Gasteiger charge is 2.38. The molecule has 0 N–H and O–H groups in total. The van der Waals surface area contributed by atoms with Crippen molar-refractivity contribution in [2.75, 3.05) is 0 Å². The third kappa shape index (κ3) is 6.31. The third-order valence-electron chi connectivity index (χ3n) is 9.31. The maximum absolute atomic E-state index is 10.7. The summed E-state index contributed by atoms with van der Waals surface area (Å²) in [5, 5.41) is 4.08. The fraction of sp³-hybridized carbons (Fsp3) is 0.0500. The van der Waals surface area contributed by atoms with Gasteiger partial charge in [-0.15, -0.1) is 0 Å². The van der Waals surface area contributed by atoms with Gasteiger partial charge >= 0.3 is 33.3 Å². The van der Waals surface area contributed by atoms with Gasteiger partial charge in [0.05, 0.1) is 11.1 Å². The quantitative estimate of drug-likeness (QED) is 0.0350. The molecular weight excluding hydrogens is 851 g/mol. The number of rotatable bonds is 0. The van der Waals surface area contributed by atoms with E-state index in [4.69, 9.17) is 52.4 Å². The molecule has 8 aromatic rings. The van der Waals surface area contributed by atoms with Crippen LogP contribution >= 0.6 is 0 Å². The van der Waals surface area contributed by atoms with E-state index in [1.165, 1.54) is 0 Å². The smallest absolute Gasteiger partial charge is 0.485 e. The summed E-state index contributed by atoms with van der Waals surface area (Å²) in [5.74, 6) is 0. The first-order valence-corrected chi connectivity index (χ1v) is 19.8. The number of hydrogen-bond donors (Lipinski definition) is 0. The van der Waals surface area contributed by atoms with Crippen molar-refractivity contribution in [2.24, 2.45) is 0 Å². The van der Waals surface area contributed by atoms with E-state index in [0.717, 1.165) is 111 Å². The van der Waals surface area contributed by atoms with Crippen molar-refractivity contribution in [2.45, 2.75) is 11.0 Å². The Labute approximate surface area is 329 Å². The normalized spacial score (nSPS) is 12.9. The highest BCUT2D eigenvalue weighted by atomic mass is 32.2. The molecule has 6 aromatic carbocycles. The Morgan fingerprint density at radius 1 is 0.367 bits per heavy atom. The molecule has 0 bridgehead atoms. The molecule has 304 valence electrons. The molecule has 20 heteroatoms. The van der Waals surface area contributed by atoms with Gasteiger partial charge in [0.1, 0.15) is 66.2 Å². The lowest BCUT2D eigenvalue weighted by molar-refractivity contribution is -0.0522. The number of hydrogen-bond acceptors (Lipinski definition) is 10. The lowest BCUT2D eigenvalue weighted by atomic mass is 9.93. The lowest BCUT2D eigenvalue weighted by Crippen LogP contribution is -2.21. The average molecular weight is 869 g/mol. The van der Waals surface area contributed by atoms with E-state index in [0.29, 0.717) is 0 Å². The minimum absolute atomic E-state index is 0.833. The van der Waals surface area contributed by atoms with Gasteiger partial charge in [0.25, 0.3) is 0 Å². The molecule has 0 spiro atoms. The molecule has 12 nitrogen and oxygen atoms in total. The summed E-state index contributed by atoms with van der Waals surface area (Å²) in [4.78, 5) is 0. The van der Waals surface area contributed by atoms with E-state index in [9.17, 15) is 26.3 Å². The molecule has 6 heterocycles. The molecule has 0 atom stereocenters. The van der Waals surface area contributed by atoms with E-state index in [2.05, 4.69) is 0 Å². The first kappa shape index (κ1) is 38.8. The third-order valence-corrected chi connectivity index (χ3v) is 10.4. The maximum Gasteiger partial charge on any atom is 0.485 e. The summed E-state index contributed by atoms with van der Waals surface area (Å²) in [6.45, 7) is 0. The van der Waals surface area contributed by atoms with E-state index >= 15 is 0 Å². The van der Waals surface area contributed by atoms with Gasteiger partial charge in [0.2, 0.25) is 0 Å². The van der Waals surface area contributed by atoms with Gasteiger partial charge in [0, 0.05) is 35.4 Å². The van der Waals surface area contributed by atoms with Crippen molar-refractivity contribution in [3.05, 3.63) is 109 Å². The van der Waals surface area contributed by atoms with E-state index in [1.54, 1.807) is 0 Å². The fourth-order valence-electron chi connectivity index (χ4n) is 7.03. The van der Waals surface area contributed by atoms with Crippen molar-refractivity contribution < 1.29 is 78.8 Å². The summed E-state index contributed by atoms with van der Waals surface area (Å²) < 4.78 is 154. The van der Waals surface area contributed by atoms with Crippen molar-refractivity contribution in [3.63, 3.8) is 0 Å². The average Bonchev–Trinajstić information content (AvgIpc) is 3.17. The second-order valence-electron chi connectivity index (χ2n) is 12.9. The van der Waals surface area contributed by atoms with Gasteiger partial charge < -0.3 is 26.8 Å². The van der Waals surface area contributed by atoms with Crippen LogP contribution in [0.5, 0.6) is 0 Å². The Balaban J connectivity index is 0.000000115. The summed E-state index contributed by atoms with van der Waals surface area (Å²) in [6.07, 6.45) is 0. The van der Waals surface area contributed by atoms with Crippen molar-refractivity contribution >= 4 is 109 Å². The summed E-state index contributed by atoms with van der Waals surface area (Å²) in [5.41, 5.74) is 3.06. The first-order chi connectivity index (χ1) is 28.3. The highest BCUT2D eigenvalue weighted by molar-refractivity contribution is 7.86. The lowest BCUT2D eigenvalue weighted by Gasteiger charge is -2.14. The number of alkyl halides is 6. The summed E-state index contributed by atoms with van der Waals surface area (Å²) >= 11 is 0. The van der Waals surface area contributed by atoms with E-state index in [1.807, 2.05) is 109 Å². The predicted molar refractivity (Wildman–Crippen MR) is 202 cm³/mol. The Hall–Kier alpha value is -6.74. The van der Waals surface area contributed by atoms with Crippen LogP contribution in [-0.4, -0.2) is 37.0 Å². The van der Waals surface area contributed by atoms with Crippen LogP contribution in [0.4, 0.5) is 26.3 Å². The molecule has 0 unspecified atom stereocenters. The number of halogens is 6. The van der Waals surface area contributed by atoms with Crippen LogP contribution in [0, 0.1) is 0 Å². The molecule has 2 aromatic heterocycles. The van der Waals surface area contributed by atoms with Crippen LogP contribution in [0.3, 0.4) is 0 Å². The van der Waals surface area contributed by atoms with Crippen LogP contribution in [-0.2, 0) is 20.2 Å². The SMILES string of the molecule is O=S(=O)([O-])C(F)(F)F.O=S(=O)([O-])C(F)(F)F.c1cc2oc3cccc4[o+]c5cccc6oc(c1)c2-c(c34)c65.c1cc2oc3cccc4[o+]c5cccc6oc(c1)c2-c(c34)c65. The monoisotopic (exact) mass is 868 g/mol. The summed E-state index contributed by atoms with van der Waals surface area (Å²) in [7, 11) is -12.2. The second-order valence-corrected chi connectivity index (χ2v) is 15.7. The Morgan fingerprint density at radius 3 is 0.783 bits per heavy atom. The van der Waals surface area contributed by atoms with Crippen LogP contribution in [0.25, 0.3) is 111 Å². The Morgan fingerprint density at radius 2 is 0.567 bits per heavy atom. The first-order valence-electron chi connectivity index (χ1n) is 17.0. The molecule has 12 rings (SSSR count). The molecule has 0 aliphatic carbocycles. The van der Waals surface area contributed by atoms with Gasteiger partial charge in [-0.25, -0.2) is 25.7 Å². The Bertz CT molecular complexity index is 3280. The van der Waals surface area contributed by atoms with Gasteiger partial charge in [-0.1, -0.05) is 12.1 Å². The van der Waals surface area contributed by atoms with E-state index in [-0.39, 0.29) is 0 Å². The minimum Gasteiger partial charge on any atom is -0.741 e. The molecule has 0 fully saturated rings. The van der Waals surface area contributed by atoms with Gasteiger partial charge in [-0.3, -0.25) is 0 Å².